The van der Waals surface area contributed by atoms with Crippen molar-refractivity contribution < 1.29 is 4.79 Å². The van der Waals surface area contributed by atoms with E-state index in [-0.39, 0.29) is 5.91 Å². The van der Waals surface area contributed by atoms with Crippen LogP contribution in [0.2, 0.25) is 0 Å². The van der Waals surface area contributed by atoms with Gasteiger partial charge < -0.3 is 10.2 Å². The Morgan fingerprint density at radius 1 is 1.64 bits per heavy atom. The Balaban J connectivity index is 2.52. The minimum absolute atomic E-state index is 0.0387. The van der Waals surface area contributed by atoms with Crippen molar-refractivity contribution in [2.45, 2.75) is 13.3 Å². The van der Waals surface area contributed by atoms with Crippen molar-refractivity contribution in [3.63, 3.8) is 0 Å². The van der Waals surface area contributed by atoms with Crippen LogP contribution < -0.4 is 5.32 Å². The summed E-state index contributed by atoms with van der Waals surface area (Å²) in [6.07, 6.45) is 0.392. The zero-order valence-corrected chi connectivity index (χ0v) is 8.63. The number of hydrogen-bond acceptors (Lipinski definition) is 3. The average molecular weight is 193 g/mol. The first-order valence-electron chi connectivity index (χ1n) is 4.68. The molecule has 1 saturated heterocycles. The molecule has 0 bridgehead atoms. The van der Waals surface area contributed by atoms with Gasteiger partial charge >= 0.3 is 0 Å². The summed E-state index contributed by atoms with van der Waals surface area (Å²) in [5, 5.41) is 11.5. The summed E-state index contributed by atoms with van der Waals surface area (Å²) < 4.78 is 0. The minimum atomic E-state index is 0.0387. The van der Waals surface area contributed by atoms with Gasteiger partial charge in [-0.3, -0.25) is 4.79 Å². The lowest BCUT2D eigenvalue weighted by Gasteiger charge is -2.24. The van der Waals surface area contributed by atoms with Crippen molar-refractivity contribution in [3.8, 4) is 6.07 Å². The molecule has 0 aliphatic carbocycles. The number of nitrogens with zero attached hydrogens (tertiary/aromatic N) is 2. The molecule has 1 amide bonds. The molecular weight excluding hydrogens is 178 g/mol. The predicted octanol–water partition coefficient (Wildman–Crippen LogP) is 0.278. The number of nitrogens with one attached hydrogen (secondary N) is 1. The Labute approximate surface area is 84.2 Å². The standard InChI is InChI=1S/C10H15N3O/c1-8(9-6-12-7-9)10(14)13(2)5-3-4-11/h12H,3,5-7H2,1-2H3. The van der Waals surface area contributed by atoms with Gasteiger partial charge in [0.1, 0.15) is 0 Å². The molecule has 1 heterocycles. The lowest BCUT2D eigenvalue weighted by molar-refractivity contribution is -0.125. The SMILES string of the molecule is CC(C(=O)N(C)CCC#N)=C1CNC1. The van der Waals surface area contributed by atoms with E-state index in [0.29, 0.717) is 13.0 Å². The molecule has 0 unspecified atom stereocenters. The van der Waals surface area contributed by atoms with Crippen molar-refractivity contribution in [1.82, 2.24) is 10.2 Å². The Hall–Kier alpha value is -1.34. The molecule has 76 valence electrons. The second-order valence-electron chi connectivity index (χ2n) is 3.47. The molecule has 1 aliphatic heterocycles. The molecule has 0 spiro atoms. The third-order valence-electron chi connectivity index (χ3n) is 2.43. The van der Waals surface area contributed by atoms with Gasteiger partial charge in [-0.05, 0) is 12.5 Å². The van der Waals surface area contributed by atoms with E-state index < -0.39 is 0 Å². The lowest BCUT2D eigenvalue weighted by atomic mass is 10.0. The number of nitriles is 1. The average Bonchev–Trinajstić information content (AvgIpc) is 2.10. The zero-order chi connectivity index (χ0) is 10.6. The first kappa shape index (κ1) is 10.7. The Morgan fingerprint density at radius 3 is 2.71 bits per heavy atom. The van der Waals surface area contributed by atoms with Gasteiger partial charge in [-0.15, -0.1) is 0 Å². The highest BCUT2D eigenvalue weighted by molar-refractivity contribution is 5.93. The molecule has 0 aromatic rings. The molecule has 1 N–H and O–H groups in total. The minimum Gasteiger partial charge on any atom is -0.341 e. The van der Waals surface area contributed by atoms with Gasteiger partial charge in [0.2, 0.25) is 5.91 Å². The molecule has 0 saturated carbocycles. The number of carbonyl (C=O) groups excluding carboxylic acids is 1. The monoisotopic (exact) mass is 193 g/mol. The third-order valence-corrected chi connectivity index (χ3v) is 2.43. The Kier molecular flexibility index (Phi) is 3.66. The first-order valence-corrected chi connectivity index (χ1v) is 4.68. The van der Waals surface area contributed by atoms with Gasteiger partial charge in [-0.2, -0.15) is 5.26 Å². The van der Waals surface area contributed by atoms with Crippen molar-refractivity contribution in [2.75, 3.05) is 26.7 Å². The van der Waals surface area contributed by atoms with E-state index in [4.69, 9.17) is 5.26 Å². The smallest absolute Gasteiger partial charge is 0.249 e. The summed E-state index contributed by atoms with van der Waals surface area (Å²) in [5.41, 5.74) is 2.00. The van der Waals surface area contributed by atoms with Crippen LogP contribution in [0.5, 0.6) is 0 Å². The molecule has 14 heavy (non-hydrogen) atoms. The van der Waals surface area contributed by atoms with Gasteiger partial charge in [0.05, 0.1) is 12.5 Å². The maximum atomic E-state index is 11.7. The van der Waals surface area contributed by atoms with Crippen LogP contribution in [-0.4, -0.2) is 37.5 Å². The topological polar surface area (TPSA) is 56.1 Å². The number of likely N-dealkylation sites (N-methyl/N-ethyl adjacent to an activating group) is 1. The molecule has 4 nitrogen and oxygen atoms in total. The summed E-state index contributed by atoms with van der Waals surface area (Å²) in [6, 6.07) is 2.03. The van der Waals surface area contributed by atoms with E-state index in [1.54, 1.807) is 11.9 Å². The van der Waals surface area contributed by atoms with Gasteiger partial charge in [0, 0.05) is 32.3 Å². The highest BCUT2D eigenvalue weighted by Crippen LogP contribution is 2.11. The van der Waals surface area contributed by atoms with E-state index in [9.17, 15) is 4.79 Å². The molecular formula is C10H15N3O. The van der Waals surface area contributed by atoms with Crippen molar-refractivity contribution in [3.05, 3.63) is 11.1 Å². The highest BCUT2D eigenvalue weighted by Gasteiger charge is 2.18. The number of amides is 1. The van der Waals surface area contributed by atoms with Crippen LogP contribution in [0.3, 0.4) is 0 Å². The maximum absolute atomic E-state index is 11.7. The largest absolute Gasteiger partial charge is 0.341 e. The Bertz CT molecular complexity index is 295. The molecule has 0 radical (unpaired) electrons. The predicted molar refractivity (Wildman–Crippen MR) is 53.4 cm³/mol. The molecule has 1 aliphatic rings. The van der Waals surface area contributed by atoms with Crippen LogP contribution in [0, 0.1) is 11.3 Å². The lowest BCUT2D eigenvalue weighted by Crippen LogP contribution is -2.38. The van der Waals surface area contributed by atoms with E-state index in [0.717, 1.165) is 18.7 Å². The van der Waals surface area contributed by atoms with Crippen molar-refractivity contribution in [1.29, 1.82) is 5.26 Å². The fraction of sp³-hybridized carbons (Fsp3) is 0.600. The first-order chi connectivity index (χ1) is 6.66. The van der Waals surface area contributed by atoms with E-state index >= 15 is 0 Å². The fourth-order valence-electron chi connectivity index (χ4n) is 1.27. The summed E-state index contributed by atoms with van der Waals surface area (Å²) in [5.74, 6) is 0.0387. The zero-order valence-electron chi connectivity index (χ0n) is 8.63. The van der Waals surface area contributed by atoms with Gasteiger partial charge in [-0.1, -0.05) is 0 Å². The Morgan fingerprint density at radius 2 is 2.29 bits per heavy atom. The van der Waals surface area contributed by atoms with Gasteiger partial charge in [0.15, 0.2) is 0 Å². The van der Waals surface area contributed by atoms with Crippen LogP contribution in [0.15, 0.2) is 11.1 Å². The second-order valence-corrected chi connectivity index (χ2v) is 3.47. The highest BCUT2D eigenvalue weighted by atomic mass is 16.2. The molecule has 0 aromatic carbocycles. The molecule has 4 heteroatoms. The third kappa shape index (κ3) is 2.33. The van der Waals surface area contributed by atoms with Crippen LogP contribution in [0.4, 0.5) is 0 Å². The number of carbonyl (C=O) groups is 1. The summed E-state index contributed by atoms with van der Waals surface area (Å²) >= 11 is 0. The summed E-state index contributed by atoms with van der Waals surface area (Å²) in [4.78, 5) is 13.3. The number of hydrogen-bond donors (Lipinski definition) is 1. The van der Waals surface area contributed by atoms with E-state index in [1.165, 1.54) is 5.57 Å². The molecule has 0 atom stereocenters. The molecule has 0 aromatic heterocycles. The fourth-order valence-corrected chi connectivity index (χ4v) is 1.27. The van der Waals surface area contributed by atoms with E-state index in [1.807, 2.05) is 13.0 Å². The quantitative estimate of drug-likeness (QED) is 0.655. The van der Waals surface area contributed by atoms with Crippen molar-refractivity contribution >= 4 is 5.91 Å². The second kappa shape index (κ2) is 4.77. The van der Waals surface area contributed by atoms with E-state index in [2.05, 4.69) is 5.32 Å². The number of rotatable bonds is 3. The molecule has 1 rings (SSSR count). The maximum Gasteiger partial charge on any atom is 0.249 e. The summed E-state index contributed by atoms with van der Waals surface area (Å²) in [7, 11) is 1.73. The van der Waals surface area contributed by atoms with Crippen LogP contribution in [0.1, 0.15) is 13.3 Å². The van der Waals surface area contributed by atoms with Gasteiger partial charge in [-0.25, -0.2) is 0 Å². The molecule has 1 fully saturated rings. The van der Waals surface area contributed by atoms with Gasteiger partial charge in [0.25, 0.3) is 0 Å². The van der Waals surface area contributed by atoms with Crippen LogP contribution in [-0.2, 0) is 4.79 Å². The normalized spacial score (nSPS) is 14.2. The van der Waals surface area contributed by atoms with Crippen LogP contribution in [0.25, 0.3) is 0 Å². The van der Waals surface area contributed by atoms with Crippen LogP contribution >= 0.6 is 0 Å². The van der Waals surface area contributed by atoms with Crippen molar-refractivity contribution in [2.24, 2.45) is 0 Å². The summed E-state index contributed by atoms with van der Waals surface area (Å²) in [6.45, 7) is 4.00.